The van der Waals surface area contributed by atoms with Gasteiger partial charge < -0.3 is 18.9 Å². The minimum absolute atomic E-state index is 0.0163. The van der Waals surface area contributed by atoms with Crippen LogP contribution in [0.3, 0.4) is 0 Å². The number of rotatable bonds is 7. The Labute approximate surface area is 237 Å². The molecule has 0 fully saturated rings. The highest BCUT2D eigenvalue weighted by Gasteiger charge is 2.26. The summed E-state index contributed by atoms with van der Waals surface area (Å²) in [4.78, 5) is 51.3. The van der Waals surface area contributed by atoms with Gasteiger partial charge in [-0.25, -0.2) is 14.6 Å². The molecule has 0 bridgehead atoms. The fraction of sp³-hybridized carbons (Fsp3) is 0.0769. The van der Waals surface area contributed by atoms with Gasteiger partial charge in [0.25, 0.3) is 5.69 Å². The quantitative estimate of drug-likeness (QED) is 0.104. The third-order valence-corrected chi connectivity index (χ3v) is 6.17. The Morgan fingerprint density at radius 3 is 2.38 bits per heavy atom. The first-order valence-corrected chi connectivity index (χ1v) is 12.5. The fourth-order valence-electron chi connectivity index (χ4n) is 3.39. The molecule has 1 aliphatic heterocycles. The topological polar surface area (TPSA) is 144 Å². The number of hydrogen-bond donors (Lipinski definition) is 0. The summed E-state index contributed by atoms with van der Waals surface area (Å²) in [7, 11) is 1.39. The second-order valence-electron chi connectivity index (χ2n) is 7.79. The van der Waals surface area contributed by atoms with Crippen molar-refractivity contribution in [3.05, 3.63) is 96.0 Å². The number of nitro benzene ring substituents is 1. The first-order chi connectivity index (χ1) is 18.5. The van der Waals surface area contributed by atoms with Gasteiger partial charge in [-0.2, -0.15) is 0 Å². The zero-order chi connectivity index (χ0) is 28.3. The molecule has 39 heavy (non-hydrogen) atoms. The SMILES string of the molecule is COc1cc(C2=N/C(=C\c3cc(Br)cc(Br)c3OC(=O)c3ccc([N+](=O)[O-])cc3)C(=O)O2)ccc1OC(C)=O. The van der Waals surface area contributed by atoms with Crippen LogP contribution in [0.4, 0.5) is 5.69 Å². The van der Waals surface area contributed by atoms with Crippen LogP contribution in [-0.4, -0.2) is 35.8 Å². The molecule has 0 saturated carbocycles. The summed E-state index contributed by atoms with van der Waals surface area (Å²) < 4.78 is 22.2. The van der Waals surface area contributed by atoms with Crippen LogP contribution in [-0.2, 0) is 14.3 Å². The summed E-state index contributed by atoms with van der Waals surface area (Å²) in [5.74, 6) is -1.57. The average molecular weight is 660 g/mol. The molecule has 3 aromatic carbocycles. The molecule has 3 aromatic rings. The van der Waals surface area contributed by atoms with Crippen molar-refractivity contribution in [2.75, 3.05) is 7.11 Å². The molecule has 0 aliphatic carbocycles. The van der Waals surface area contributed by atoms with Crippen LogP contribution >= 0.6 is 31.9 Å². The van der Waals surface area contributed by atoms with Gasteiger partial charge in [0.05, 0.1) is 22.1 Å². The molecule has 1 aliphatic rings. The van der Waals surface area contributed by atoms with Crippen LogP contribution in [0.1, 0.15) is 28.4 Å². The molecule has 0 amide bonds. The van der Waals surface area contributed by atoms with Gasteiger partial charge in [-0.3, -0.25) is 14.9 Å². The molecule has 0 radical (unpaired) electrons. The van der Waals surface area contributed by atoms with Crippen molar-refractivity contribution in [3.8, 4) is 17.2 Å². The molecule has 0 saturated heterocycles. The van der Waals surface area contributed by atoms with Gasteiger partial charge in [0.15, 0.2) is 22.9 Å². The van der Waals surface area contributed by atoms with Gasteiger partial charge in [-0.05, 0) is 64.5 Å². The Balaban J connectivity index is 1.66. The molecular weight excluding hydrogens is 644 g/mol. The number of esters is 3. The van der Waals surface area contributed by atoms with Crippen molar-refractivity contribution in [1.29, 1.82) is 0 Å². The summed E-state index contributed by atoms with van der Waals surface area (Å²) in [5, 5.41) is 10.9. The Morgan fingerprint density at radius 1 is 1.03 bits per heavy atom. The Morgan fingerprint density at radius 2 is 1.74 bits per heavy atom. The number of hydrogen-bond acceptors (Lipinski definition) is 10. The number of carbonyl (C=O) groups is 3. The minimum Gasteiger partial charge on any atom is -0.493 e. The molecule has 0 N–H and O–H groups in total. The number of benzene rings is 3. The van der Waals surface area contributed by atoms with Gasteiger partial charge in [-0.15, -0.1) is 0 Å². The van der Waals surface area contributed by atoms with E-state index in [4.69, 9.17) is 18.9 Å². The first-order valence-electron chi connectivity index (χ1n) is 10.9. The summed E-state index contributed by atoms with van der Waals surface area (Å²) >= 11 is 6.72. The van der Waals surface area contributed by atoms with Gasteiger partial charge in [0, 0.05) is 34.7 Å². The zero-order valence-electron chi connectivity index (χ0n) is 20.1. The summed E-state index contributed by atoms with van der Waals surface area (Å²) in [6.45, 7) is 1.25. The largest absolute Gasteiger partial charge is 0.493 e. The van der Waals surface area contributed by atoms with E-state index in [-0.39, 0.29) is 40.1 Å². The number of halogens is 2. The molecule has 0 spiro atoms. The van der Waals surface area contributed by atoms with Crippen LogP contribution in [0, 0.1) is 10.1 Å². The van der Waals surface area contributed by atoms with E-state index in [0.717, 1.165) is 0 Å². The third-order valence-electron chi connectivity index (χ3n) is 5.12. The normalized spacial score (nSPS) is 13.5. The Kier molecular flexibility index (Phi) is 8.21. The van der Waals surface area contributed by atoms with Gasteiger partial charge in [0.1, 0.15) is 0 Å². The van der Waals surface area contributed by atoms with E-state index in [2.05, 4.69) is 36.9 Å². The van der Waals surface area contributed by atoms with E-state index >= 15 is 0 Å². The van der Waals surface area contributed by atoms with E-state index in [1.54, 1.807) is 18.2 Å². The maximum absolute atomic E-state index is 12.8. The number of ether oxygens (including phenoxy) is 4. The van der Waals surface area contributed by atoms with Crippen LogP contribution in [0.5, 0.6) is 17.2 Å². The standard InChI is InChI=1S/C26H16Br2N2O9/c1-13(31)37-21-8-5-15(11-22(21)36-2)24-29-20(26(33)39-24)10-16-9-17(27)12-19(28)23(16)38-25(32)14-3-6-18(7-4-14)30(34)35/h3-12H,1-2H3/b20-10-. The number of nitrogens with zero attached hydrogens (tertiary/aromatic N) is 2. The maximum atomic E-state index is 12.8. The number of methoxy groups -OCH3 is 1. The highest BCUT2D eigenvalue weighted by Crippen LogP contribution is 2.36. The van der Waals surface area contributed by atoms with Crippen LogP contribution in [0.25, 0.3) is 6.08 Å². The Bertz CT molecular complexity index is 1580. The lowest BCUT2D eigenvalue weighted by Crippen LogP contribution is -2.10. The van der Waals surface area contributed by atoms with Gasteiger partial charge in [0.2, 0.25) is 5.90 Å². The molecular formula is C26H16Br2N2O9. The van der Waals surface area contributed by atoms with Crippen molar-refractivity contribution >= 4 is 67.4 Å². The number of carbonyl (C=O) groups excluding carboxylic acids is 3. The number of cyclic esters (lactones) is 1. The predicted octanol–water partition coefficient (Wildman–Crippen LogP) is 5.62. The van der Waals surface area contributed by atoms with E-state index < -0.39 is 22.8 Å². The summed E-state index contributed by atoms with van der Waals surface area (Å²) in [6.07, 6.45) is 1.38. The Hall–Kier alpha value is -4.36. The van der Waals surface area contributed by atoms with Crippen molar-refractivity contribution in [1.82, 2.24) is 0 Å². The van der Waals surface area contributed by atoms with E-state index in [9.17, 15) is 24.5 Å². The van der Waals surface area contributed by atoms with Crippen LogP contribution < -0.4 is 14.2 Å². The number of aliphatic imine (C=N–C) groups is 1. The van der Waals surface area contributed by atoms with Crippen LogP contribution in [0.15, 0.2) is 74.2 Å². The van der Waals surface area contributed by atoms with Gasteiger partial charge >= 0.3 is 17.9 Å². The fourth-order valence-corrected chi connectivity index (χ4v) is 4.72. The van der Waals surface area contributed by atoms with Gasteiger partial charge in [-0.1, -0.05) is 15.9 Å². The molecule has 0 atom stereocenters. The predicted molar refractivity (Wildman–Crippen MR) is 145 cm³/mol. The lowest BCUT2D eigenvalue weighted by atomic mass is 10.1. The maximum Gasteiger partial charge on any atom is 0.363 e. The second-order valence-corrected chi connectivity index (χ2v) is 9.56. The van der Waals surface area contributed by atoms with Crippen molar-refractivity contribution < 1.29 is 38.3 Å². The third kappa shape index (κ3) is 6.38. The van der Waals surface area contributed by atoms with E-state index in [0.29, 0.717) is 20.1 Å². The molecule has 0 aromatic heterocycles. The molecule has 13 heteroatoms. The summed E-state index contributed by atoms with van der Waals surface area (Å²) in [6, 6.07) is 12.7. The van der Waals surface area contributed by atoms with Crippen molar-refractivity contribution in [2.24, 2.45) is 4.99 Å². The van der Waals surface area contributed by atoms with Crippen LogP contribution in [0.2, 0.25) is 0 Å². The van der Waals surface area contributed by atoms with E-state index in [1.165, 1.54) is 56.5 Å². The smallest absolute Gasteiger partial charge is 0.363 e. The lowest BCUT2D eigenvalue weighted by Gasteiger charge is -2.11. The molecule has 0 unspecified atom stereocenters. The number of nitro groups is 1. The van der Waals surface area contributed by atoms with E-state index in [1.807, 2.05) is 0 Å². The molecule has 1 heterocycles. The minimum atomic E-state index is -0.772. The zero-order valence-corrected chi connectivity index (χ0v) is 23.3. The highest BCUT2D eigenvalue weighted by molar-refractivity contribution is 9.11. The van der Waals surface area contributed by atoms with Crippen molar-refractivity contribution in [3.63, 3.8) is 0 Å². The lowest BCUT2D eigenvalue weighted by molar-refractivity contribution is -0.384. The molecule has 198 valence electrons. The average Bonchev–Trinajstić information content (AvgIpc) is 3.25. The molecule has 4 rings (SSSR count). The second kappa shape index (κ2) is 11.6. The summed E-state index contributed by atoms with van der Waals surface area (Å²) in [5.41, 5.74) is 0.534. The van der Waals surface area contributed by atoms with Crippen molar-refractivity contribution in [2.45, 2.75) is 6.92 Å². The highest BCUT2D eigenvalue weighted by atomic mass is 79.9. The molecule has 11 nitrogen and oxygen atoms in total. The first kappa shape index (κ1) is 27.7. The number of non-ortho nitro benzene ring substituents is 1. The monoisotopic (exact) mass is 658 g/mol.